The van der Waals surface area contributed by atoms with Gasteiger partial charge in [-0.1, -0.05) is 70.2 Å². The number of carbonyl (C=O) groups is 2. The summed E-state index contributed by atoms with van der Waals surface area (Å²) in [6.45, 7) is 10.3. The van der Waals surface area contributed by atoms with E-state index < -0.39 is 0 Å². The van der Waals surface area contributed by atoms with Gasteiger partial charge in [0.05, 0.1) is 0 Å². The number of urea groups is 1. The molecule has 0 unspecified atom stereocenters. The summed E-state index contributed by atoms with van der Waals surface area (Å²) in [7, 11) is 1.75. The third kappa shape index (κ3) is 5.46. The van der Waals surface area contributed by atoms with Crippen molar-refractivity contribution in [1.29, 1.82) is 0 Å². The maximum absolute atomic E-state index is 12.9. The highest BCUT2D eigenvalue weighted by molar-refractivity contribution is 5.91. The Morgan fingerprint density at radius 2 is 1.58 bits per heavy atom. The summed E-state index contributed by atoms with van der Waals surface area (Å²) >= 11 is 0. The lowest BCUT2D eigenvalue weighted by molar-refractivity contribution is -0.132. The van der Waals surface area contributed by atoms with Crippen LogP contribution in [-0.4, -0.2) is 41.9 Å². The van der Waals surface area contributed by atoms with Crippen molar-refractivity contribution in [2.24, 2.45) is 0 Å². The van der Waals surface area contributed by atoms with Gasteiger partial charge < -0.3 is 15.1 Å². The van der Waals surface area contributed by atoms with Gasteiger partial charge in [0.25, 0.3) is 0 Å². The van der Waals surface area contributed by atoms with Gasteiger partial charge in [0.15, 0.2) is 0 Å². The van der Waals surface area contributed by atoms with Gasteiger partial charge in [-0.3, -0.25) is 4.79 Å². The number of carbonyl (C=O) groups excluding carboxylic acids is 2. The van der Waals surface area contributed by atoms with E-state index in [-0.39, 0.29) is 11.9 Å². The van der Waals surface area contributed by atoms with Crippen LogP contribution in [0.3, 0.4) is 0 Å². The van der Waals surface area contributed by atoms with E-state index in [0.717, 1.165) is 29.8 Å². The maximum Gasteiger partial charge on any atom is 0.321 e. The molecule has 5 nitrogen and oxygen atoms in total. The highest BCUT2D eigenvalue weighted by atomic mass is 16.2. The molecule has 0 fully saturated rings. The number of hydrogen-bond acceptors (Lipinski definition) is 2. The molecule has 0 aliphatic carbocycles. The van der Waals surface area contributed by atoms with Crippen molar-refractivity contribution in [2.45, 2.75) is 58.9 Å². The number of hydrogen-bond donors (Lipinski definition) is 1. The SMILES string of the molecule is CC(C)c1cccc(C(C)C)c1NC(=O)N(C)CCC(=O)N1CCc2ccccc2C1. The molecule has 0 saturated heterocycles. The lowest BCUT2D eigenvalue weighted by Crippen LogP contribution is -2.39. The van der Waals surface area contributed by atoms with Crippen molar-refractivity contribution in [3.8, 4) is 0 Å². The number of rotatable bonds is 6. The van der Waals surface area contributed by atoms with Crippen molar-refractivity contribution < 1.29 is 9.59 Å². The van der Waals surface area contributed by atoms with Gasteiger partial charge in [-0.15, -0.1) is 0 Å². The molecule has 2 aromatic carbocycles. The summed E-state index contributed by atoms with van der Waals surface area (Å²) in [6.07, 6.45) is 1.22. The summed E-state index contributed by atoms with van der Waals surface area (Å²) < 4.78 is 0. The third-order valence-corrected chi connectivity index (χ3v) is 6.10. The fraction of sp³-hybridized carbons (Fsp3) is 0.462. The van der Waals surface area contributed by atoms with E-state index in [1.165, 1.54) is 11.1 Å². The standard InChI is InChI=1S/C26H35N3O2/c1-18(2)22-11-8-12-23(19(3)4)25(22)27-26(31)28(5)15-14-24(30)29-16-13-20-9-6-7-10-21(20)17-29/h6-12,18-19H,13-17H2,1-5H3,(H,27,31). The summed E-state index contributed by atoms with van der Waals surface area (Å²) in [5.74, 6) is 0.713. The Labute approximate surface area is 186 Å². The Hall–Kier alpha value is -2.82. The molecule has 1 N–H and O–H groups in total. The minimum atomic E-state index is -0.174. The zero-order chi connectivity index (χ0) is 22.5. The topological polar surface area (TPSA) is 52.7 Å². The van der Waals surface area contributed by atoms with Crippen LogP contribution in [0.25, 0.3) is 0 Å². The van der Waals surface area contributed by atoms with Crippen LogP contribution in [0.5, 0.6) is 0 Å². The molecule has 31 heavy (non-hydrogen) atoms. The zero-order valence-electron chi connectivity index (χ0n) is 19.4. The van der Waals surface area contributed by atoms with Gasteiger partial charge in [0, 0.05) is 38.8 Å². The quantitative estimate of drug-likeness (QED) is 0.681. The Morgan fingerprint density at radius 3 is 2.19 bits per heavy atom. The molecule has 1 heterocycles. The van der Waals surface area contributed by atoms with E-state index in [2.05, 4.69) is 63.3 Å². The molecular weight excluding hydrogens is 386 g/mol. The zero-order valence-corrected chi connectivity index (χ0v) is 19.4. The Bertz CT molecular complexity index is 910. The van der Waals surface area contributed by atoms with Crippen LogP contribution in [0.15, 0.2) is 42.5 Å². The van der Waals surface area contributed by atoms with Crippen molar-refractivity contribution in [3.63, 3.8) is 0 Å². The average Bonchev–Trinajstić information content (AvgIpc) is 2.76. The minimum Gasteiger partial charge on any atom is -0.338 e. The first-order chi connectivity index (χ1) is 14.8. The van der Waals surface area contributed by atoms with Crippen LogP contribution in [0.1, 0.15) is 68.2 Å². The van der Waals surface area contributed by atoms with Gasteiger partial charge in [0.1, 0.15) is 0 Å². The first kappa shape index (κ1) is 22.9. The molecule has 3 rings (SSSR count). The first-order valence-corrected chi connectivity index (χ1v) is 11.3. The van der Waals surface area contributed by atoms with E-state index in [1.807, 2.05) is 17.0 Å². The van der Waals surface area contributed by atoms with Crippen molar-refractivity contribution in [3.05, 3.63) is 64.7 Å². The largest absolute Gasteiger partial charge is 0.338 e. The lowest BCUT2D eigenvalue weighted by atomic mass is 9.93. The number of nitrogens with zero attached hydrogens (tertiary/aromatic N) is 2. The first-order valence-electron chi connectivity index (χ1n) is 11.3. The van der Waals surface area contributed by atoms with Crippen molar-refractivity contribution in [2.75, 3.05) is 25.5 Å². The normalized spacial score (nSPS) is 13.3. The summed E-state index contributed by atoms with van der Waals surface area (Å²) in [6, 6.07) is 14.3. The molecule has 1 aliphatic rings. The number of amides is 3. The number of para-hydroxylation sites is 1. The number of benzene rings is 2. The monoisotopic (exact) mass is 421 g/mol. The Balaban J connectivity index is 1.60. The Morgan fingerprint density at radius 1 is 0.968 bits per heavy atom. The lowest BCUT2D eigenvalue weighted by Gasteiger charge is -2.29. The van der Waals surface area contributed by atoms with E-state index in [9.17, 15) is 9.59 Å². The molecule has 0 spiro atoms. The predicted molar refractivity (Wildman–Crippen MR) is 126 cm³/mol. The average molecular weight is 422 g/mol. The van der Waals surface area contributed by atoms with E-state index in [0.29, 0.717) is 31.3 Å². The summed E-state index contributed by atoms with van der Waals surface area (Å²) in [5.41, 5.74) is 5.72. The Kier molecular flexibility index (Phi) is 7.37. The van der Waals surface area contributed by atoms with Gasteiger partial charge in [-0.05, 0) is 40.5 Å². The second-order valence-corrected chi connectivity index (χ2v) is 9.06. The summed E-state index contributed by atoms with van der Waals surface area (Å²) in [5, 5.41) is 3.12. The van der Waals surface area contributed by atoms with E-state index in [4.69, 9.17) is 0 Å². The van der Waals surface area contributed by atoms with Gasteiger partial charge in [-0.2, -0.15) is 0 Å². The molecule has 0 saturated carbocycles. The molecule has 1 aliphatic heterocycles. The second-order valence-electron chi connectivity index (χ2n) is 9.06. The number of anilines is 1. The van der Waals surface area contributed by atoms with Crippen molar-refractivity contribution in [1.82, 2.24) is 9.80 Å². The van der Waals surface area contributed by atoms with Gasteiger partial charge >= 0.3 is 6.03 Å². The maximum atomic E-state index is 12.9. The highest BCUT2D eigenvalue weighted by Crippen LogP contribution is 2.32. The van der Waals surface area contributed by atoms with Crippen LogP contribution in [0.4, 0.5) is 10.5 Å². The molecule has 0 radical (unpaired) electrons. The number of nitrogens with one attached hydrogen (secondary N) is 1. The number of fused-ring (bicyclic) bond motifs is 1. The fourth-order valence-corrected chi connectivity index (χ4v) is 4.13. The molecular formula is C26H35N3O2. The second kappa shape index (κ2) is 9.99. The molecule has 2 aromatic rings. The third-order valence-electron chi connectivity index (χ3n) is 6.10. The van der Waals surface area contributed by atoms with E-state index >= 15 is 0 Å². The van der Waals surface area contributed by atoms with Crippen LogP contribution in [0, 0.1) is 0 Å². The minimum absolute atomic E-state index is 0.0969. The van der Waals surface area contributed by atoms with Crippen LogP contribution >= 0.6 is 0 Å². The van der Waals surface area contributed by atoms with Crippen molar-refractivity contribution >= 4 is 17.6 Å². The summed E-state index contributed by atoms with van der Waals surface area (Å²) in [4.78, 5) is 29.2. The molecule has 5 heteroatoms. The molecule has 166 valence electrons. The van der Waals surface area contributed by atoms with E-state index in [1.54, 1.807) is 11.9 Å². The predicted octanol–water partition coefficient (Wildman–Crippen LogP) is 5.37. The van der Waals surface area contributed by atoms with Crippen LogP contribution in [0.2, 0.25) is 0 Å². The molecule has 0 aromatic heterocycles. The molecule has 0 atom stereocenters. The fourth-order valence-electron chi connectivity index (χ4n) is 4.13. The van der Waals surface area contributed by atoms with Gasteiger partial charge in [0.2, 0.25) is 5.91 Å². The van der Waals surface area contributed by atoms with Crippen LogP contribution in [-0.2, 0) is 17.8 Å². The molecule has 0 bridgehead atoms. The highest BCUT2D eigenvalue weighted by Gasteiger charge is 2.22. The molecule has 3 amide bonds. The van der Waals surface area contributed by atoms with Gasteiger partial charge in [-0.25, -0.2) is 4.79 Å². The smallest absolute Gasteiger partial charge is 0.321 e. The van der Waals surface area contributed by atoms with Crippen LogP contribution < -0.4 is 5.32 Å².